The summed E-state index contributed by atoms with van der Waals surface area (Å²) in [5.74, 6) is -2.66. The summed E-state index contributed by atoms with van der Waals surface area (Å²) in [6.45, 7) is 0.980. The second-order valence-corrected chi connectivity index (χ2v) is 10.8. The molecule has 0 aromatic heterocycles. The molecule has 1 aliphatic rings. The standard InChI is InChI=1S/C27H24F5NO2S/c28-23-9-8-21(26(29)17-23)7-4-19-5-10-24(11-6-19)36(34,35)25-3-1-2-20(16-25)18-33-14-12-22(13-15-33)27(30,31)32/h1-11,16-17,22H,12-15,18H2/b7-4+. The number of nitrogens with zero attached hydrogens (tertiary/aromatic N) is 1. The Kier molecular flexibility index (Phi) is 7.61. The summed E-state index contributed by atoms with van der Waals surface area (Å²) in [7, 11) is -3.82. The van der Waals surface area contributed by atoms with Crippen molar-refractivity contribution in [3.05, 3.63) is 95.1 Å². The molecule has 0 saturated carbocycles. The van der Waals surface area contributed by atoms with E-state index in [1.54, 1.807) is 36.4 Å². The van der Waals surface area contributed by atoms with E-state index in [4.69, 9.17) is 0 Å². The molecule has 190 valence electrons. The van der Waals surface area contributed by atoms with Gasteiger partial charge >= 0.3 is 6.18 Å². The van der Waals surface area contributed by atoms with E-state index in [1.807, 2.05) is 4.90 Å². The first-order valence-corrected chi connectivity index (χ1v) is 12.9. The molecule has 9 heteroatoms. The van der Waals surface area contributed by atoms with Crippen LogP contribution in [-0.2, 0) is 16.4 Å². The van der Waals surface area contributed by atoms with Crippen molar-refractivity contribution in [2.24, 2.45) is 5.92 Å². The molecule has 4 rings (SSSR count). The molecule has 0 N–H and O–H groups in total. The van der Waals surface area contributed by atoms with Gasteiger partial charge in [0.15, 0.2) is 0 Å². The lowest BCUT2D eigenvalue weighted by molar-refractivity contribution is -0.185. The van der Waals surface area contributed by atoms with Gasteiger partial charge in [-0.1, -0.05) is 36.4 Å². The third kappa shape index (κ3) is 6.20. The smallest absolute Gasteiger partial charge is 0.299 e. The molecule has 36 heavy (non-hydrogen) atoms. The van der Waals surface area contributed by atoms with Crippen LogP contribution in [0, 0.1) is 17.6 Å². The average molecular weight is 522 g/mol. The van der Waals surface area contributed by atoms with Crippen molar-refractivity contribution in [3.8, 4) is 0 Å². The van der Waals surface area contributed by atoms with Gasteiger partial charge in [-0.15, -0.1) is 0 Å². The number of sulfone groups is 1. The lowest BCUT2D eigenvalue weighted by atomic mass is 9.96. The zero-order chi connectivity index (χ0) is 25.9. The van der Waals surface area contributed by atoms with Crippen LogP contribution in [0.15, 0.2) is 76.5 Å². The van der Waals surface area contributed by atoms with Crippen LogP contribution in [-0.4, -0.2) is 32.6 Å². The van der Waals surface area contributed by atoms with Crippen LogP contribution in [0.1, 0.15) is 29.5 Å². The van der Waals surface area contributed by atoms with Crippen molar-refractivity contribution < 1.29 is 30.4 Å². The fraction of sp³-hybridized carbons (Fsp3) is 0.259. The third-order valence-electron chi connectivity index (χ3n) is 6.27. The second-order valence-electron chi connectivity index (χ2n) is 8.81. The van der Waals surface area contributed by atoms with Crippen LogP contribution in [0.3, 0.4) is 0 Å². The molecule has 0 amide bonds. The summed E-state index contributed by atoms with van der Waals surface area (Å²) in [5.41, 5.74) is 1.55. The lowest BCUT2D eigenvalue weighted by Gasteiger charge is -2.32. The number of piperidine rings is 1. The fourth-order valence-electron chi connectivity index (χ4n) is 4.20. The van der Waals surface area contributed by atoms with Gasteiger partial charge < -0.3 is 0 Å². The van der Waals surface area contributed by atoms with Crippen molar-refractivity contribution >= 4 is 22.0 Å². The average Bonchev–Trinajstić information content (AvgIpc) is 2.84. The first-order valence-electron chi connectivity index (χ1n) is 11.4. The summed E-state index contributed by atoms with van der Waals surface area (Å²) in [4.78, 5) is 2.08. The summed E-state index contributed by atoms with van der Waals surface area (Å²) in [5, 5.41) is 0. The van der Waals surface area contributed by atoms with Crippen LogP contribution >= 0.6 is 0 Å². The zero-order valence-corrected chi connectivity index (χ0v) is 20.0. The predicted molar refractivity (Wildman–Crippen MR) is 128 cm³/mol. The summed E-state index contributed by atoms with van der Waals surface area (Å²) >= 11 is 0. The molecule has 0 bridgehead atoms. The number of hydrogen-bond acceptors (Lipinski definition) is 3. The number of alkyl halides is 3. The number of hydrogen-bond donors (Lipinski definition) is 0. The molecule has 1 heterocycles. The van der Waals surface area contributed by atoms with Gasteiger partial charge in [0.1, 0.15) is 11.6 Å². The van der Waals surface area contributed by atoms with Crippen molar-refractivity contribution in [1.29, 1.82) is 0 Å². The van der Waals surface area contributed by atoms with Crippen LogP contribution in [0.5, 0.6) is 0 Å². The molecule has 0 radical (unpaired) electrons. The zero-order valence-electron chi connectivity index (χ0n) is 19.2. The van der Waals surface area contributed by atoms with Crippen LogP contribution in [0.25, 0.3) is 12.2 Å². The minimum Gasteiger partial charge on any atom is -0.299 e. The highest BCUT2D eigenvalue weighted by atomic mass is 32.2. The Hall–Kier alpha value is -3.04. The van der Waals surface area contributed by atoms with Crippen molar-refractivity contribution in [2.75, 3.05) is 13.1 Å². The van der Waals surface area contributed by atoms with E-state index >= 15 is 0 Å². The molecular formula is C27H24F5NO2S. The molecule has 1 fully saturated rings. The first kappa shape index (κ1) is 26.0. The maximum Gasteiger partial charge on any atom is 0.391 e. The van der Waals surface area contributed by atoms with Crippen LogP contribution in [0.4, 0.5) is 22.0 Å². The van der Waals surface area contributed by atoms with Gasteiger partial charge in [0, 0.05) is 18.2 Å². The SMILES string of the molecule is O=S(=O)(c1ccc(/C=C/c2ccc(F)cc2F)cc1)c1cccc(CN2CCC(C(F)(F)F)CC2)c1. The minimum atomic E-state index is -4.18. The van der Waals surface area contributed by atoms with Gasteiger partial charge in [0.25, 0.3) is 0 Å². The molecule has 3 aromatic rings. The van der Waals surface area contributed by atoms with E-state index in [0.717, 1.165) is 12.1 Å². The van der Waals surface area contributed by atoms with E-state index in [-0.39, 0.29) is 28.2 Å². The molecule has 1 aliphatic heterocycles. The second kappa shape index (κ2) is 10.5. The van der Waals surface area contributed by atoms with E-state index in [1.165, 1.54) is 30.3 Å². The summed E-state index contributed by atoms with van der Waals surface area (Å²) in [6.07, 6.45) is -1.04. The molecular weight excluding hydrogens is 497 g/mol. The molecule has 3 nitrogen and oxygen atoms in total. The molecule has 3 aromatic carbocycles. The highest BCUT2D eigenvalue weighted by molar-refractivity contribution is 7.91. The number of likely N-dealkylation sites (tertiary alicyclic amines) is 1. The highest BCUT2D eigenvalue weighted by Crippen LogP contribution is 2.34. The maximum atomic E-state index is 13.8. The lowest BCUT2D eigenvalue weighted by Crippen LogP contribution is -2.38. The first-order chi connectivity index (χ1) is 17.0. The van der Waals surface area contributed by atoms with Gasteiger partial charge in [-0.2, -0.15) is 13.2 Å². The van der Waals surface area contributed by atoms with E-state index in [9.17, 15) is 30.4 Å². The highest BCUT2D eigenvalue weighted by Gasteiger charge is 2.40. The Bertz CT molecular complexity index is 1340. The monoisotopic (exact) mass is 521 g/mol. The Labute approximate surface area is 206 Å². The minimum absolute atomic E-state index is 0.0378. The Morgan fingerprint density at radius 3 is 2.19 bits per heavy atom. The molecule has 0 unspecified atom stereocenters. The number of halogens is 5. The Balaban J connectivity index is 1.44. The van der Waals surface area contributed by atoms with Crippen molar-refractivity contribution in [1.82, 2.24) is 4.90 Å². The van der Waals surface area contributed by atoms with Gasteiger partial charge in [0.2, 0.25) is 9.84 Å². The third-order valence-corrected chi connectivity index (χ3v) is 8.04. The van der Waals surface area contributed by atoms with Gasteiger partial charge in [-0.25, -0.2) is 17.2 Å². The summed E-state index contributed by atoms with van der Waals surface area (Å²) in [6, 6.07) is 15.7. The summed E-state index contributed by atoms with van der Waals surface area (Å²) < 4.78 is 91.8. The Morgan fingerprint density at radius 2 is 1.56 bits per heavy atom. The predicted octanol–water partition coefficient (Wildman–Crippen LogP) is 6.74. The van der Waals surface area contributed by atoms with Crippen LogP contribution < -0.4 is 0 Å². The van der Waals surface area contributed by atoms with Crippen molar-refractivity contribution in [2.45, 2.75) is 35.4 Å². The molecule has 0 spiro atoms. The largest absolute Gasteiger partial charge is 0.391 e. The number of benzene rings is 3. The quantitative estimate of drug-likeness (QED) is 0.266. The normalized spacial score (nSPS) is 16.0. The maximum absolute atomic E-state index is 13.8. The van der Waals surface area contributed by atoms with E-state index in [2.05, 4.69) is 0 Å². The van der Waals surface area contributed by atoms with E-state index in [0.29, 0.717) is 30.8 Å². The fourth-order valence-corrected chi connectivity index (χ4v) is 5.54. The molecule has 0 aliphatic carbocycles. The molecule has 1 saturated heterocycles. The number of rotatable bonds is 6. The van der Waals surface area contributed by atoms with E-state index < -0.39 is 33.6 Å². The molecule has 0 atom stereocenters. The Morgan fingerprint density at radius 1 is 0.861 bits per heavy atom. The van der Waals surface area contributed by atoms with Crippen molar-refractivity contribution in [3.63, 3.8) is 0 Å². The van der Waals surface area contributed by atoms with Crippen LogP contribution in [0.2, 0.25) is 0 Å². The topological polar surface area (TPSA) is 37.4 Å². The van der Waals surface area contributed by atoms with Gasteiger partial charge in [0.05, 0.1) is 15.7 Å². The van der Waals surface area contributed by atoms with Gasteiger partial charge in [-0.3, -0.25) is 4.90 Å². The van der Waals surface area contributed by atoms with Gasteiger partial charge in [-0.05, 0) is 73.5 Å².